The molecule has 1 heterocycles. The van der Waals surface area contributed by atoms with E-state index in [9.17, 15) is 4.79 Å². The van der Waals surface area contributed by atoms with E-state index in [-0.39, 0.29) is 11.3 Å². The van der Waals surface area contributed by atoms with Crippen LogP contribution in [0.15, 0.2) is 10.7 Å². The van der Waals surface area contributed by atoms with Crippen LogP contribution < -0.4 is 10.6 Å². The number of carbonyl (C=O) groups excluding carboxylic acids is 1. The Bertz CT molecular complexity index is 537. The molecule has 0 spiro atoms. The molecule has 2 N–H and O–H groups in total. The summed E-state index contributed by atoms with van der Waals surface area (Å²) in [5.74, 6) is 0.909. The van der Waals surface area contributed by atoms with Crippen LogP contribution in [0.4, 0.5) is 10.6 Å². The van der Waals surface area contributed by atoms with Crippen molar-refractivity contribution in [1.29, 1.82) is 0 Å². The molecule has 0 radical (unpaired) electrons. The van der Waals surface area contributed by atoms with Crippen molar-refractivity contribution >= 4 is 39.4 Å². The predicted molar refractivity (Wildman–Crippen MR) is 95.8 cm³/mol. The van der Waals surface area contributed by atoms with Gasteiger partial charge in [0.1, 0.15) is 11.4 Å². The molecule has 0 aromatic carbocycles. The van der Waals surface area contributed by atoms with Crippen molar-refractivity contribution in [2.75, 3.05) is 11.9 Å². The highest BCUT2D eigenvalue weighted by molar-refractivity contribution is 9.10. The normalized spacial score (nSPS) is 14.0. The molecule has 0 saturated carbocycles. The van der Waals surface area contributed by atoms with Gasteiger partial charge in [-0.05, 0) is 54.2 Å². The third-order valence-electron chi connectivity index (χ3n) is 3.23. The van der Waals surface area contributed by atoms with Crippen molar-refractivity contribution in [3.05, 3.63) is 16.0 Å². The Kier molecular flexibility index (Phi) is 7.54. The van der Waals surface area contributed by atoms with Gasteiger partial charge in [0.15, 0.2) is 0 Å². The number of alkyl carbamates (subject to hydrolysis) is 1. The standard InChI is InChI=1S/C15H24BrClN4O2/c1-6-9(2)11(8-19-14(22)23-15(3,4)5)20-12-10(16)7-18-13(17)21-12/h7,9,11H,6,8H2,1-5H3,(H,19,22)(H,18,20,21). The van der Waals surface area contributed by atoms with Crippen molar-refractivity contribution in [1.82, 2.24) is 15.3 Å². The number of nitrogens with one attached hydrogen (secondary N) is 2. The van der Waals surface area contributed by atoms with Crippen LogP contribution in [0.2, 0.25) is 5.28 Å². The van der Waals surface area contributed by atoms with E-state index in [0.29, 0.717) is 22.8 Å². The van der Waals surface area contributed by atoms with Crippen LogP contribution in [0.3, 0.4) is 0 Å². The molecule has 1 aromatic heterocycles. The summed E-state index contributed by atoms with van der Waals surface area (Å²) in [5, 5.41) is 6.26. The Labute approximate surface area is 150 Å². The van der Waals surface area contributed by atoms with E-state index in [1.165, 1.54) is 0 Å². The Hall–Kier alpha value is -1.08. The molecule has 8 heteroatoms. The molecule has 0 aliphatic rings. The van der Waals surface area contributed by atoms with E-state index >= 15 is 0 Å². The highest BCUT2D eigenvalue weighted by atomic mass is 79.9. The smallest absolute Gasteiger partial charge is 0.407 e. The van der Waals surface area contributed by atoms with Crippen molar-refractivity contribution < 1.29 is 9.53 Å². The molecule has 130 valence electrons. The zero-order valence-corrected chi connectivity index (χ0v) is 16.5. The van der Waals surface area contributed by atoms with Gasteiger partial charge in [0.05, 0.1) is 4.47 Å². The first kappa shape index (κ1) is 20.0. The lowest BCUT2D eigenvalue weighted by Gasteiger charge is -2.26. The summed E-state index contributed by atoms with van der Waals surface area (Å²) >= 11 is 9.23. The molecule has 0 aliphatic carbocycles. The number of carbonyl (C=O) groups is 1. The van der Waals surface area contributed by atoms with E-state index < -0.39 is 11.7 Å². The van der Waals surface area contributed by atoms with Crippen molar-refractivity contribution in [3.8, 4) is 0 Å². The van der Waals surface area contributed by atoms with Gasteiger partial charge >= 0.3 is 6.09 Å². The molecule has 2 atom stereocenters. The maximum atomic E-state index is 11.8. The van der Waals surface area contributed by atoms with Crippen LogP contribution in [0.5, 0.6) is 0 Å². The lowest BCUT2D eigenvalue weighted by atomic mass is 9.99. The largest absolute Gasteiger partial charge is 0.444 e. The van der Waals surface area contributed by atoms with Gasteiger partial charge in [0.2, 0.25) is 5.28 Å². The Balaban J connectivity index is 2.73. The number of anilines is 1. The summed E-state index contributed by atoms with van der Waals surface area (Å²) in [6.45, 7) is 10.1. The van der Waals surface area contributed by atoms with E-state index in [2.05, 4.69) is 50.4 Å². The maximum absolute atomic E-state index is 11.8. The minimum atomic E-state index is -0.521. The van der Waals surface area contributed by atoms with Crippen molar-refractivity contribution in [2.24, 2.45) is 5.92 Å². The maximum Gasteiger partial charge on any atom is 0.407 e. The molecule has 6 nitrogen and oxygen atoms in total. The first-order chi connectivity index (χ1) is 10.6. The highest BCUT2D eigenvalue weighted by Crippen LogP contribution is 2.23. The minimum absolute atomic E-state index is 0.0187. The minimum Gasteiger partial charge on any atom is -0.444 e. The van der Waals surface area contributed by atoms with E-state index in [0.717, 1.165) is 6.42 Å². The zero-order valence-electron chi connectivity index (χ0n) is 14.1. The number of nitrogens with zero attached hydrogens (tertiary/aromatic N) is 2. The monoisotopic (exact) mass is 406 g/mol. The predicted octanol–water partition coefficient (Wildman–Crippen LogP) is 4.24. The molecule has 23 heavy (non-hydrogen) atoms. The number of aromatic nitrogens is 2. The van der Waals surface area contributed by atoms with Gasteiger partial charge in [0, 0.05) is 18.8 Å². The quantitative estimate of drug-likeness (QED) is 0.690. The average molecular weight is 408 g/mol. The fourth-order valence-corrected chi connectivity index (χ4v) is 2.25. The molecule has 1 amide bonds. The molecule has 1 rings (SSSR count). The number of hydrogen-bond donors (Lipinski definition) is 2. The highest BCUT2D eigenvalue weighted by Gasteiger charge is 2.21. The SMILES string of the molecule is CCC(C)C(CNC(=O)OC(C)(C)C)Nc1nc(Cl)ncc1Br. The summed E-state index contributed by atoms with van der Waals surface area (Å²) in [6.07, 6.45) is 2.10. The Morgan fingerprint density at radius 3 is 2.70 bits per heavy atom. The summed E-state index contributed by atoms with van der Waals surface area (Å²) in [5.41, 5.74) is -0.521. The zero-order chi connectivity index (χ0) is 17.6. The summed E-state index contributed by atoms with van der Waals surface area (Å²) < 4.78 is 5.98. The molecule has 0 fully saturated rings. The molecule has 1 aromatic rings. The van der Waals surface area contributed by atoms with Gasteiger partial charge < -0.3 is 15.4 Å². The number of amides is 1. The number of halogens is 2. The second-order valence-electron chi connectivity index (χ2n) is 6.35. The van der Waals surface area contributed by atoms with Crippen LogP contribution in [0.1, 0.15) is 41.0 Å². The lowest BCUT2D eigenvalue weighted by Crippen LogP contribution is -2.42. The topological polar surface area (TPSA) is 76.1 Å². The van der Waals surface area contributed by atoms with Gasteiger partial charge in [-0.15, -0.1) is 0 Å². The van der Waals surface area contributed by atoms with Crippen LogP contribution >= 0.6 is 27.5 Å². The van der Waals surface area contributed by atoms with Crippen LogP contribution in [0, 0.1) is 5.92 Å². The van der Waals surface area contributed by atoms with Gasteiger partial charge in [-0.2, -0.15) is 4.98 Å². The third kappa shape index (κ3) is 7.35. The lowest BCUT2D eigenvalue weighted by molar-refractivity contribution is 0.0523. The summed E-state index contributed by atoms with van der Waals surface area (Å²) in [6, 6.07) is -0.0187. The second-order valence-corrected chi connectivity index (χ2v) is 7.55. The van der Waals surface area contributed by atoms with Crippen LogP contribution in [-0.2, 0) is 4.74 Å². The summed E-state index contributed by atoms with van der Waals surface area (Å²) in [4.78, 5) is 19.9. The van der Waals surface area contributed by atoms with Gasteiger partial charge in [-0.1, -0.05) is 20.3 Å². The molecule has 0 saturated heterocycles. The fraction of sp³-hybridized carbons (Fsp3) is 0.667. The molecule has 0 bridgehead atoms. The van der Waals surface area contributed by atoms with Crippen molar-refractivity contribution in [3.63, 3.8) is 0 Å². The molecule has 0 aliphatic heterocycles. The molecular formula is C15H24BrClN4O2. The van der Waals surface area contributed by atoms with Crippen molar-refractivity contribution in [2.45, 2.75) is 52.7 Å². The van der Waals surface area contributed by atoms with E-state index in [1.54, 1.807) is 6.20 Å². The van der Waals surface area contributed by atoms with Gasteiger partial charge in [-0.25, -0.2) is 9.78 Å². The first-order valence-corrected chi connectivity index (χ1v) is 8.71. The Morgan fingerprint density at radius 2 is 2.13 bits per heavy atom. The Morgan fingerprint density at radius 1 is 1.48 bits per heavy atom. The average Bonchev–Trinajstić information content (AvgIpc) is 2.44. The van der Waals surface area contributed by atoms with Crippen LogP contribution in [0.25, 0.3) is 0 Å². The van der Waals surface area contributed by atoms with Gasteiger partial charge in [-0.3, -0.25) is 0 Å². The summed E-state index contributed by atoms with van der Waals surface area (Å²) in [7, 11) is 0. The fourth-order valence-electron chi connectivity index (χ4n) is 1.81. The number of rotatable bonds is 6. The third-order valence-corrected chi connectivity index (χ3v) is 4.00. The van der Waals surface area contributed by atoms with E-state index in [4.69, 9.17) is 16.3 Å². The molecular weight excluding hydrogens is 384 g/mol. The number of hydrogen-bond acceptors (Lipinski definition) is 5. The second kappa shape index (κ2) is 8.68. The van der Waals surface area contributed by atoms with Gasteiger partial charge in [0.25, 0.3) is 0 Å². The van der Waals surface area contributed by atoms with Crippen LogP contribution in [-0.4, -0.2) is 34.2 Å². The first-order valence-electron chi connectivity index (χ1n) is 7.53. The number of ether oxygens (including phenoxy) is 1. The van der Waals surface area contributed by atoms with E-state index in [1.807, 2.05) is 20.8 Å². The molecule has 2 unspecified atom stereocenters.